The van der Waals surface area contributed by atoms with E-state index in [4.69, 9.17) is 16.3 Å². The lowest BCUT2D eigenvalue weighted by molar-refractivity contribution is -0.143. The SMILES string of the molecule is COc1cccc2c1ncc1c(=O)n(C3CCC(C(=O)O)CC3)c(=O)n(-c3cccc(Cl)c3)c12.Cl. The maximum absolute atomic E-state index is 13.9. The highest BCUT2D eigenvalue weighted by Gasteiger charge is 2.30. The predicted octanol–water partition coefficient (Wildman–Crippen LogP) is 4.60. The Morgan fingerprint density at radius 1 is 1.09 bits per heavy atom. The van der Waals surface area contributed by atoms with E-state index in [0.717, 1.165) is 0 Å². The largest absolute Gasteiger partial charge is 0.494 e. The van der Waals surface area contributed by atoms with Crippen LogP contribution in [0.2, 0.25) is 5.02 Å². The van der Waals surface area contributed by atoms with Gasteiger partial charge in [0.1, 0.15) is 11.3 Å². The zero-order valence-corrected chi connectivity index (χ0v) is 20.4. The van der Waals surface area contributed by atoms with Crippen molar-refractivity contribution in [3.63, 3.8) is 0 Å². The van der Waals surface area contributed by atoms with Crippen molar-refractivity contribution >= 4 is 51.8 Å². The number of para-hydroxylation sites is 1. The molecular formula is C25H23Cl2N3O5. The lowest BCUT2D eigenvalue weighted by atomic mass is 9.86. The van der Waals surface area contributed by atoms with E-state index in [0.29, 0.717) is 63.9 Å². The van der Waals surface area contributed by atoms with Gasteiger partial charge in [0.2, 0.25) is 0 Å². The molecular weight excluding hydrogens is 493 g/mol. The van der Waals surface area contributed by atoms with Gasteiger partial charge in [-0.05, 0) is 49.9 Å². The number of benzene rings is 2. The van der Waals surface area contributed by atoms with Crippen molar-refractivity contribution in [1.29, 1.82) is 0 Å². The topological polar surface area (TPSA) is 103 Å². The molecule has 35 heavy (non-hydrogen) atoms. The highest BCUT2D eigenvalue weighted by atomic mass is 35.5. The number of carbonyl (C=O) groups is 1. The van der Waals surface area contributed by atoms with Crippen LogP contribution in [0.25, 0.3) is 27.5 Å². The zero-order chi connectivity index (χ0) is 24.0. The lowest BCUT2D eigenvalue weighted by Gasteiger charge is -2.28. The van der Waals surface area contributed by atoms with Crippen molar-refractivity contribution in [2.45, 2.75) is 31.7 Å². The molecule has 1 aliphatic rings. The molecule has 0 aliphatic heterocycles. The van der Waals surface area contributed by atoms with Crippen LogP contribution in [-0.4, -0.2) is 32.3 Å². The van der Waals surface area contributed by atoms with Crippen LogP contribution in [0.1, 0.15) is 31.7 Å². The molecule has 0 amide bonds. The summed E-state index contributed by atoms with van der Waals surface area (Å²) in [7, 11) is 1.54. The minimum absolute atomic E-state index is 0. The van der Waals surface area contributed by atoms with Crippen LogP contribution in [0.3, 0.4) is 0 Å². The minimum Gasteiger partial charge on any atom is -0.494 e. The predicted molar refractivity (Wildman–Crippen MR) is 137 cm³/mol. The molecule has 0 bridgehead atoms. The first-order valence-corrected chi connectivity index (χ1v) is 11.4. The van der Waals surface area contributed by atoms with Crippen LogP contribution in [0.5, 0.6) is 5.75 Å². The second kappa shape index (κ2) is 9.71. The van der Waals surface area contributed by atoms with Gasteiger partial charge in [0.15, 0.2) is 0 Å². The van der Waals surface area contributed by atoms with Crippen molar-refractivity contribution in [3.05, 3.63) is 74.5 Å². The second-order valence-corrected chi connectivity index (χ2v) is 8.93. The van der Waals surface area contributed by atoms with Gasteiger partial charge in [-0.15, -0.1) is 12.4 Å². The number of halogens is 2. The molecule has 1 N–H and O–H groups in total. The minimum atomic E-state index is -0.842. The number of fused-ring (bicyclic) bond motifs is 3. The number of ether oxygens (including phenoxy) is 1. The molecule has 1 fully saturated rings. The van der Waals surface area contributed by atoms with E-state index in [1.165, 1.54) is 22.4 Å². The van der Waals surface area contributed by atoms with E-state index in [9.17, 15) is 19.5 Å². The van der Waals surface area contributed by atoms with E-state index in [2.05, 4.69) is 4.98 Å². The van der Waals surface area contributed by atoms with Crippen LogP contribution in [-0.2, 0) is 4.79 Å². The van der Waals surface area contributed by atoms with Gasteiger partial charge in [-0.3, -0.25) is 23.7 Å². The molecule has 8 nitrogen and oxygen atoms in total. The fraction of sp³-hybridized carbons (Fsp3) is 0.280. The van der Waals surface area contributed by atoms with E-state index in [-0.39, 0.29) is 12.4 Å². The maximum Gasteiger partial charge on any atom is 0.336 e. The third kappa shape index (κ3) is 4.17. The van der Waals surface area contributed by atoms with Gasteiger partial charge in [-0.1, -0.05) is 29.8 Å². The first-order valence-electron chi connectivity index (χ1n) is 11.0. The van der Waals surface area contributed by atoms with Gasteiger partial charge >= 0.3 is 11.7 Å². The van der Waals surface area contributed by atoms with E-state index in [1.807, 2.05) is 0 Å². The Morgan fingerprint density at radius 2 is 1.80 bits per heavy atom. The number of nitrogens with zero attached hydrogens (tertiary/aromatic N) is 3. The number of hydrogen-bond acceptors (Lipinski definition) is 5. The number of methoxy groups -OCH3 is 1. The first kappa shape index (κ1) is 24.8. The Morgan fingerprint density at radius 3 is 2.46 bits per heavy atom. The molecule has 0 atom stereocenters. The van der Waals surface area contributed by atoms with E-state index < -0.39 is 29.2 Å². The number of aliphatic carboxylic acids is 1. The highest BCUT2D eigenvalue weighted by molar-refractivity contribution is 6.30. The van der Waals surface area contributed by atoms with Crippen LogP contribution in [0.4, 0.5) is 0 Å². The first-order chi connectivity index (χ1) is 16.4. The third-order valence-electron chi connectivity index (χ3n) is 6.60. The molecule has 2 aromatic carbocycles. The second-order valence-electron chi connectivity index (χ2n) is 8.49. The van der Waals surface area contributed by atoms with Crippen molar-refractivity contribution < 1.29 is 14.6 Å². The fourth-order valence-electron chi connectivity index (χ4n) is 4.92. The van der Waals surface area contributed by atoms with Gasteiger partial charge in [0.25, 0.3) is 5.56 Å². The highest BCUT2D eigenvalue weighted by Crippen LogP contribution is 2.33. The van der Waals surface area contributed by atoms with Crippen molar-refractivity contribution in [3.8, 4) is 11.4 Å². The number of pyridine rings is 1. The summed E-state index contributed by atoms with van der Waals surface area (Å²) in [6, 6.07) is 11.8. The van der Waals surface area contributed by atoms with Crippen LogP contribution < -0.4 is 16.0 Å². The Labute approximate surface area is 211 Å². The average molecular weight is 516 g/mol. The summed E-state index contributed by atoms with van der Waals surface area (Å²) in [6.07, 6.45) is 3.16. The molecule has 1 saturated carbocycles. The standard InChI is InChI=1S/C25H22ClN3O5.ClH/c1-34-20-7-3-6-18-21(20)27-13-19-22(18)28(17-5-2-4-15(26)12-17)25(33)29(23(19)30)16-10-8-14(9-11-16)24(31)32;/h2-7,12-14,16H,8-11H2,1H3,(H,31,32);1H. The normalized spacial score (nSPS) is 17.8. The molecule has 0 saturated heterocycles. The molecule has 10 heteroatoms. The number of rotatable bonds is 4. The summed E-state index contributed by atoms with van der Waals surface area (Å²) in [6.45, 7) is 0. The van der Waals surface area contributed by atoms with E-state index in [1.54, 1.807) is 42.5 Å². The summed E-state index contributed by atoms with van der Waals surface area (Å²) >= 11 is 6.26. The molecule has 2 heterocycles. The number of carboxylic acids is 1. The van der Waals surface area contributed by atoms with Gasteiger partial charge in [-0.2, -0.15) is 0 Å². The smallest absolute Gasteiger partial charge is 0.336 e. The summed E-state index contributed by atoms with van der Waals surface area (Å²) < 4.78 is 8.20. The van der Waals surface area contributed by atoms with Gasteiger partial charge in [0.05, 0.1) is 29.6 Å². The number of hydrogen-bond donors (Lipinski definition) is 1. The average Bonchev–Trinajstić information content (AvgIpc) is 2.84. The summed E-state index contributed by atoms with van der Waals surface area (Å²) in [5.74, 6) is -0.772. The quantitative estimate of drug-likeness (QED) is 0.398. The van der Waals surface area contributed by atoms with Crippen molar-refractivity contribution in [1.82, 2.24) is 14.1 Å². The van der Waals surface area contributed by atoms with Crippen molar-refractivity contribution in [2.75, 3.05) is 7.11 Å². The monoisotopic (exact) mass is 515 g/mol. The third-order valence-corrected chi connectivity index (χ3v) is 6.83. The maximum atomic E-state index is 13.9. The fourth-order valence-corrected chi connectivity index (χ4v) is 5.11. The Bertz CT molecular complexity index is 1560. The molecule has 0 radical (unpaired) electrons. The molecule has 5 rings (SSSR count). The summed E-state index contributed by atoms with van der Waals surface area (Å²) in [5.41, 5.74) is 0.553. The Balaban J connectivity index is 0.00000289. The summed E-state index contributed by atoms with van der Waals surface area (Å²) in [5, 5.41) is 10.7. The van der Waals surface area contributed by atoms with Gasteiger partial charge in [-0.25, -0.2) is 4.79 Å². The Kier molecular flexibility index (Phi) is 6.87. The van der Waals surface area contributed by atoms with Crippen LogP contribution >= 0.6 is 24.0 Å². The molecule has 1 aliphatic carbocycles. The molecule has 2 aromatic heterocycles. The number of carboxylic acid groups (broad SMARTS) is 1. The Hall–Kier alpha value is -3.36. The van der Waals surface area contributed by atoms with Gasteiger partial charge < -0.3 is 9.84 Å². The molecule has 4 aromatic rings. The van der Waals surface area contributed by atoms with Crippen molar-refractivity contribution in [2.24, 2.45) is 5.92 Å². The van der Waals surface area contributed by atoms with Gasteiger partial charge in [0, 0.05) is 22.6 Å². The zero-order valence-electron chi connectivity index (χ0n) is 18.8. The molecule has 0 unspecified atom stereocenters. The lowest BCUT2D eigenvalue weighted by Crippen LogP contribution is -2.43. The van der Waals surface area contributed by atoms with Crippen LogP contribution in [0.15, 0.2) is 58.3 Å². The van der Waals surface area contributed by atoms with E-state index >= 15 is 0 Å². The molecule has 0 spiro atoms. The molecule has 182 valence electrons. The number of aromatic nitrogens is 3. The summed E-state index contributed by atoms with van der Waals surface area (Å²) in [4.78, 5) is 43.5. The van der Waals surface area contributed by atoms with Crippen LogP contribution in [0, 0.1) is 5.92 Å².